The molecule has 1 heterocycles. The molecule has 0 spiro atoms. The molecule has 3 rings (SSSR count). The Morgan fingerprint density at radius 1 is 1.00 bits per heavy atom. The molecule has 1 aliphatic rings. The normalized spacial score (nSPS) is 15.3. The van der Waals surface area contributed by atoms with Crippen LogP contribution in [-0.2, 0) is 18.0 Å². The topological polar surface area (TPSA) is 9.23 Å². The van der Waals surface area contributed by atoms with E-state index in [1.165, 1.54) is 16.7 Å². The van der Waals surface area contributed by atoms with Crippen molar-refractivity contribution in [2.24, 2.45) is 0 Å². The fourth-order valence-electron chi connectivity index (χ4n) is 2.24. The summed E-state index contributed by atoms with van der Waals surface area (Å²) in [6.45, 7) is 1.40. The van der Waals surface area contributed by atoms with Crippen LogP contribution in [0.1, 0.15) is 27.1 Å². The molecule has 0 bridgehead atoms. The van der Waals surface area contributed by atoms with Crippen molar-refractivity contribution in [1.82, 2.24) is 0 Å². The summed E-state index contributed by atoms with van der Waals surface area (Å²) in [5.41, 5.74) is 4.72. The third kappa shape index (κ3) is 2.68. The molecule has 0 aromatic heterocycles. The predicted octanol–water partition coefficient (Wildman–Crippen LogP) is 5.51. The molecular formula is C15H11BrCl2O. The van der Waals surface area contributed by atoms with Gasteiger partial charge in [-0.1, -0.05) is 63.4 Å². The molecular weight excluding hydrogens is 347 g/mol. The first kappa shape index (κ1) is 13.4. The van der Waals surface area contributed by atoms with E-state index in [2.05, 4.69) is 34.1 Å². The first-order chi connectivity index (χ1) is 9.15. The first-order valence-corrected chi connectivity index (χ1v) is 7.61. The summed E-state index contributed by atoms with van der Waals surface area (Å²) in [5.74, 6) is 0. The highest BCUT2D eigenvalue weighted by Crippen LogP contribution is 2.37. The van der Waals surface area contributed by atoms with Crippen molar-refractivity contribution >= 4 is 39.1 Å². The maximum absolute atomic E-state index is 6.25. The zero-order valence-corrected chi connectivity index (χ0v) is 13.1. The van der Waals surface area contributed by atoms with Crippen LogP contribution in [0, 0.1) is 0 Å². The third-order valence-electron chi connectivity index (χ3n) is 3.27. The third-order valence-corrected chi connectivity index (χ3v) is 4.86. The summed E-state index contributed by atoms with van der Waals surface area (Å²) >= 11 is 15.9. The monoisotopic (exact) mass is 356 g/mol. The Kier molecular flexibility index (Phi) is 3.86. The van der Waals surface area contributed by atoms with E-state index in [0.717, 1.165) is 5.56 Å². The molecule has 98 valence electrons. The van der Waals surface area contributed by atoms with Gasteiger partial charge >= 0.3 is 0 Å². The minimum absolute atomic E-state index is 0.0585. The molecule has 1 unspecified atom stereocenters. The van der Waals surface area contributed by atoms with E-state index in [-0.39, 0.29) is 4.83 Å². The molecule has 0 N–H and O–H groups in total. The Hall–Kier alpha value is -0.540. The zero-order valence-electron chi connectivity index (χ0n) is 10.00. The second-order valence-corrected chi connectivity index (χ2v) is 6.31. The van der Waals surface area contributed by atoms with Gasteiger partial charge in [-0.25, -0.2) is 0 Å². The molecule has 2 aromatic rings. The summed E-state index contributed by atoms with van der Waals surface area (Å²) in [4.78, 5) is 0.0585. The quantitative estimate of drug-likeness (QED) is 0.644. The van der Waals surface area contributed by atoms with E-state index in [1.807, 2.05) is 12.1 Å². The van der Waals surface area contributed by atoms with E-state index in [4.69, 9.17) is 27.9 Å². The Labute approximate surface area is 130 Å². The van der Waals surface area contributed by atoms with Crippen LogP contribution < -0.4 is 0 Å². The van der Waals surface area contributed by atoms with Gasteiger partial charge in [-0.3, -0.25) is 0 Å². The van der Waals surface area contributed by atoms with Crippen molar-refractivity contribution < 1.29 is 4.74 Å². The number of benzene rings is 2. The smallest absolute Gasteiger partial charge is 0.0725 e. The van der Waals surface area contributed by atoms with Gasteiger partial charge in [0.1, 0.15) is 0 Å². The fraction of sp³-hybridized carbons (Fsp3) is 0.200. The number of hydrogen-bond acceptors (Lipinski definition) is 1. The van der Waals surface area contributed by atoms with Crippen molar-refractivity contribution in [1.29, 1.82) is 0 Å². The molecule has 0 radical (unpaired) electrons. The van der Waals surface area contributed by atoms with Crippen LogP contribution in [0.5, 0.6) is 0 Å². The van der Waals surface area contributed by atoms with Crippen LogP contribution in [0.25, 0.3) is 0 Å². The van der Waals surface area contributed by atoms with Crippen LogP contribution in [0.2, 0.25) is 10.0 Å². The van der Waals surface area contributed by atoms with Gasteiger partial charge in [0, 0.05) is 10.0 Å². The second-order valence-electron chi connectivity index (χ2n) is 4.55. The van der Waals surface area contributed by atoms with Gasteiger partial charge in [0.2, 0.25) is 0 Å². The van der Waals surface area contributed by atoms with Gasteiger partial charge in [0.05, 0.1) is 18.0 Å². The molecule has 0 aliphatic carbocycles. The van der Waals surface area contributed by atoms with Gasteiger partial charge in [0.15, 0.2) is 0 Å². The number of fused-ring (bicyclic) bond motifs is 1. The van der Waals surface area contributed by atoms with Crippen molar-refractivity contribution in [2.45, 2.75) is 18.0 Å². The number of hydrogen-bond donors (Lipinski definition) is 0. The van der Waals surface area contributed by atoms with Gasteiger partial charge in [0.25, 0.3) is 0 Å². The summed E-state index contributed by atoms with van der Waals surface area (Å²) in [6.07, 6.45) is 0. The zero-order chi connectivity index (χ0) is 13.4. The standard InChI is InChI=1S/C15H11BrCl2O/c16-15(13-4-3-12(17)6-14(13)18)9-1-2-10-7-19-8-11(10)5-9/h1-6,15H,7-8H2. The van der Waals surface area contributed by atoms with Gasteiger partial charge in [-0.2, -0.15) is 0 Å². The van der Waals surface area contributed by atoms with Crippen molar-refractivity contribution in [3.63, 3.8) is 0 Å². The minimum Gasteiger partial charge on any atom is -0.372 e. The number of halogens is 3. The first-order valence-electron chi connectivity index (χ1n) is 5.93. The molecule has 19 heavy (non-hydrogen) atoms. The molecule has 0 amide bonds. The Morgan fingerprint density at radius 3 is 2.58 bits per heavy atom. The molecule has 1 nitrogen and oxygen atoms in total. The minimum atomic E-state index is 0.0585. The van der Waals surface area contributed by atoms with Crippen molar-refractivity contribution in [3.8, 4) is 0 Å². The Bertz CT molecular complexity index is 628. The average Bonchev–Trinajstić information content (AvgIpc) is 2.85. The molecule has 4 heteroatoms. The Balaban J connectivity index is 1.97. The maximum Gasteiger partial charge on any atom is 0.0725 e. The van der Waals surface area contributed by atoms with Crippen molar-refractivity contribution in [3.05, 3.63) is 68.7 Å². The van der Waals surface area contributed by atoms with Crippen LogP contribution in [0.3, 0.4) is 0 Å². The number of ether oxygens (including phenoxy) is 1. The average molecular weight is 358 g/mol. The van der Waals surface area contributed by atoms with E-state index in [0.29, 0.717) is 23.3 Å². The fourth-order valence-corrected chi connectivity index (χ4v) is 3.57. The predicted molar refractivity (Wildman–Crippen MR) is 82.2 cm³/mol. The lowest BCUT2D eigenvalue weighted by Gasteiger charge is -2.14. The summed E-state index contributed by atoms with van der Waals surface area (Å²) in [5, 5.41) is 1.32. The van der Waals surface area contributed by atoms with E-state index >= 15 is 0 Å². The summed E-state index contributed by atoms with van der Waals surface area (Å²) < 4.78 is 5.44. The van der Waals surface area contributed by atoms with Crippen LogP contribution in [-0.4, -0.2) is 0 Å². The van der Waals surface area contributed by atoms with Crippen LogP contribution in [0.4, 0.5) is 0 Å². The molecule has 0 saturated carbocycles. The summed E-state index contributed by atoms with van der Waals surface area (Å²) in [7, 11) is 0. The number of alkyl halides is 1. The highest BCUT2D eigenvalue weighted by molar-refractivity contribution is 9.09. The van der Waals surface area contributed by atoms with Crippen molar-refractivity contribution in [2.75, 3.05) is 0 Å². The highest BCUT2D eigenvalue weighted by atomic mass is 79.9. The Morgan fingerprint density at radius 2 is 1.79 bits per heavy atom. The lowest BCUT2D eigenvalue weighted by Crippen LogP contribution is -1.95. The lowest BCUT2D eigenvalue weighted by atomic mass is 10.0. The molecule has 2 aromatic carbocycles. The molecule has 0 saturated heterocycles. The highest BCUT2D eigenvalue weighted by Gasteiger charge is 2.17. The van der Waals surface area contributed by atoms with Gasteiger partial charge in [-0.05, 0) is 34.4 Å². The maximum atomic E-state index is 6.25. The SMILES string of the molecule is Clc1ccc(C(Br)c2ccc3c(c2)COC3)c(Cl)c1. The molecule has 1 atom stereocenters. The van der Waals surface area contributed by atoms with Gasteiger partial charge < -0.3 is 4.74 Å². The van der Waals surface area contributed by atoms with Crippen LogP contribution in [0.15, 0.2) is 36.4 Å². The summed E-state index contributed by atoms with van der Waals surface area (Å²) in [6, 6.07) is 12.0. The molecule has 1 aliphatic heterocycles. The van der Waals surface area contributed by atoms with Gasteiger partial charge in [-0.15, -0.1) is 0 Å². The second kappa shape index (κ2) is 5.45. The van der Waals surface area contributed by atoms with E-state index in [1.54, 1.807) is 6.07 Å². The van der Waals surface area contributed by atoms with E-state index in [9.17, 15) is 0 Å². The molecule has 0 fully saturated rings. The number of rotatable bonds is 2. The largest absolute Gasteiger partial charge is 0.372 e. The lowest BCUT2D eigenvalue weighted by molar-refractivity contribution is 0.134. The van der Waals surface area contributed by atoms with E-state index < -0.39 is 0 Å². The van der Waals surface area contributed by atoms with Crippen LogP contribution >= 0.6 is 39.1 Å².